The summed E-state index contributed by atoms with van der Waals surface area (Å²) in [4.78, 5) is 15.1. The number of aromatic nitrogens is 2. The highest BCUT2D eigenvalue weighted by atomic mass is 16.4. The first-order valence-corrected chi connectivity index (χ1v) is 8.48. The first-order valence-electron chi connectivity index (χ1n) is 8.48. The quantitative estimate of drug-likeness (QED) is 0.718. The van der Waals surface area contributed by atoms with E-state index in [1.165, 1.54) is 5.56 Å². The van der Waals surface area contributed by atoms with Gasteiger partial charge >= 0.3 is 0 Å². The summed E-state index contributed by atoms with van der Waals surface area (Å²) < 4.78 is 5.48. The molecule has 1 fully saturated rings. The zero-order chi connectivity index (χ0) is 17.0. The van der Waals surface area contributed by atoms with E-state index in [0.717, 1.165) is 30.6 Å². The van der Waals surface area contributed by atoms with Crippen molar-refractivity contribution in [2.24, 2.45) is 0 Å². The molecular weight excluding hydrogens is 314 g/mol. The summed E-state index contributed by atoms with van der Waals surface area (Å²) >= 11 is 0. The number of carbonyl (C=O) groups is 1. The lowest BCUT2D eigenvalue weighted by molar-refractivity contribution is 0.0987. The van der Waals surface area contributed by atoms with Crippen molar-refractivity contribution in [2.45, 2.75) is 25.2 Å². The fourth-order valence-electron chi connectivity index (χ4n) is 3.74. The van der Waals surface area contributed by atoms with Crippen LogP contribution >= 0.6 is 0 Å². The first-order chi connectivity index (χ1) is 12.2. The summed E-state index contributed by atoms with van der Waals surface area (Å²) in [6, 6.07) is 15.7. The van der Waals surface area contributed by atoms with E-state index in [1.54, 1.807) is 6.92 Å². The number of hydrogen-bond donors (Lipinski definition) is 0. The molecule has 1 saturated carbocycles. The average Bonchev–Trinajstić information content (AvgIpc) is 3.18. The van der Waals surface area contributed by atoms with Crippen molar-refractivity contribution in [1.29, 1.82) is 0 Å². The summed E-state index contributed by atoms with van der Waals surface area (Å²) in [6.07, 6.45) is 2.32. The van der Waals surface area contributed by atoms with Crippen LogP contribution in [-0.2, 0) is 5.41 Å². The lowest BCUT2D eigenvalue weighted by Crippen LogP contribution is -2.31. The molecule has 0 bridgehead atoms. The van der Waals surface area contributed by atoms with Gasteiger partial charge in [-0.05, 0) is 42.7 Å². The molecule has 1 aliphatic heterocycles. The standard InChI is InChI=1S/C20H17N3O2/c1-13-21-22-18(25-13)14-5-4-6-15(11-14)19(24)23-12-20(9-10-20)16-7-2-3-8-17(16)23/h2-8,11H,9-10,12H2,1H3. The van der Waals surface area contributed by atoms with Crippen LogP contribution in [0.4, 0.5) is 5.69 Å². The summed E-state index contributed by atoms with van der Waals surface area (Å²) in [5, 5.41) is 7.90. The second-order valence-corrected chi connectivity index (χ2v) is 6.90. The molecule has 3 aromatic rings. The van der Waals surface area contributed by atoms with Crippen LogP contribution in [0.5, 0.6) is 0 Å². The zero-order valence-electron chi connectivity index (χ0n) is 13.9. The SMILES string of the molecule is Cc1nnc(-c2cccc(C(=O)N3CC4(CC4)c4ccccc43)c2)o1. The van der Waals surface area contributed by atoms with E-state index in [0.29, 0.717) is 17.3 Å². The van der Waals surface area contributed by atoms with Crippen molar-refractivity contribution in [2.75, 3.05) is 11.4 Å². The molecule has 2 aliphatic rings. The molecule has 0 radical (unpaired) electrons. The number of amides is 1. The van der Waals surface area contributed by atoms with E-state index in [4.69, 9.17) is 4.42 Å². The molecule has 0 unspecified atom stereocenters. The van der Waals surface area contributed by atoms with Crippen molar-refractivity contribution >= 4 is 11.6 Å². The molecule has 5 rings (SSSR count). The third-order valence-corrected chi connectivity index (χ3v) is 5.21. The number of benzene rings is 2. The molecule has 25 heavy (non-hydrogen) atoms. The van der Waals surface area contributed by atoms with Gasteiger partial charge in [-0.1, -0.05) is 24.3 Å². The molecule has 5 nitrogen and oxygen atoms in total. The summed E-state index contributed by atoms with van der Waals surface area (Å²) in [5.41, 5.74) is 3.95. The molecular formula is C20H17N3O2. The topological polar surface area (TPSA) is 59.2 Å². The van der Waals surface area contributed by atoms with Crippen LogP contribution in [0, 0.1) is 6.92 Å². The maximum atomic E-state index is 13.2. The fourth-order valence-corrected chi connectivity index (χ4v) is 3.74. The highest BCUT2D eigenvalue weighted by Crippen LogP contribution is 2.56. The molecule has 5 heteroatoms. The Kier molecular flexibility index (Phi) is 2.89. The maximum absolute atomic E-state index is 13.2. The van der Waals surface area contributed by atoms with Gasteiger partial charge in [0.2, 0.25) is 11.8 Å². The highest BCUT2D eigenvalue weighted by molar-refractivity contribution is 6.08. The molecule has 1 amide bonds. The van der Waals surface area contributed by atoms with E-state index in [2.05, 4.69) is 22.3 Å². The number of anilines is 1. The molecule has 1 spiro atoms. The van der Waals surface area contributed by atoms with Gasteiger partial charge in [0, 0.05) is 35.7 Å². The van der Waals surface area contributed by atoms with Gasteiger partial charge in [0.25, 0.3) is 5.91 Å². The van der Waals surface area contributed by atoms with Crippen LogP contribution < -0.4 is 4.90 Å². The predicted molar refractivity (Wildman–Crippen MR) is 93.5 cm³/mol. The van der Waals surface area contributed by atoms with Crippen LogP contribution in [0.15, 0.2) is 52.9 Å². The monoisotopic (exact) mass is 331 g/mol. The normalized spacial score (nSPS) is 16.9. The molecule has 2 heterocycles. The van der Waals surface area contributed by atoms with Crippen LogP contribution in [0.1, 0.15) is 34.7 Å². The van der Waals surface area contributed by atoms with Gasteiger partial charge in [0.1, 0.15) is 0 Å². The summed E-state index contributed by atoms with van der Waals surface area (Å²) in [6.45, 7) is 2.52. The van der Waals surface area contributed by atoms with Crippen molar-refractivity contribution in [3.05, 3.63) is 65.5 Å². The first kappa shape index (κ1) is 14.4. The van der Waals surface area contributed by atoms with Gasteiger partial charge in [-0.25, -0.2) is 0 Å². The van der Waals surface area contributed by atoms with Gasteiger partial charge in [-0.2, -0.15) is 0 Å². The second kappa shape index (κ2) is 5.02. The van der Waals surface area contributed by atoms with Crippen molar-refractivity contribution in [3.63, 3.8) is 0 Å². The Morgan fingerprint density at radius 3 is 2.72 bits per heavy atom. The van der Waals surface area contributed by atoms with E-state index in [1.807, 2.05) is 41.3 Å². The second-order valence-electron chi connectivity index (χ2n) is 6.90. The van der Waals surface area contributed by atoms with Crippen LogP contribution in [0.25, 0.3) is 11.5 Å². The van der Waals surface area contributed by atoms with Gasteiger partial charge in [-0.3, -0.25) is 4.79 Å². The van der Waals surface area contributed by atoms with Crippen LogP contribution in [0.2, 0.25) is 0 Å². The Balaban J connectivity index is 1.52. The number of aryl methyl sites for hydroxylation is 1. The molecule has 1 aromatic heterocycles. The lowest BCUT2D eigenvalue weighted by Gasteiger charge is -2.18. The molecule has 0 atom stereocenters. The van der Waals surface area contributed by atoms with Gasteiger partial charge in [0.15, 0.2) is 0 Å². The van der Waals surface area contributed by atoms with Gasteiger partial charge < -0.3 is 9.32 Å². The summed E-state index contributed by atoms with van der Waals surface area (Å²) in [7, 11) is 0. The van der Waals surface area contributed by atoms with Gasteiger partial charge in [0.05, 0.1) is 0 Å². The van der Waals surface area contributed by atoms with E-state index >= 15 is 0 Å². The Morgan fingerprint density at radius 1 is 1.12 bits per heavy atom. The minimum Gasteiger partial charge on any atom is -0.421 e. The molecule has 0 saturated heterocycles. The zero-order valence-corrected chi connectivity index (χ0v) is 13.9. The van der Waals surface area contributed by atoms with Crippen LogP contribution in [-0.4, -0.2) is 22.6 Å². The Labute approximate surface area is 145 Å². The van der Waals surface area contributed by atoms with E-state index in [9.17, 15) is 4.79 Å². The molecule has 1 aliphatic carbocycles. The Bertz CT molecular complexity index is 988. The van der Waals surface area contributed by atoms with Crippen molar-refractivity contribution in [3.8, 4) is 11.5 Å². The minimum atomic E-state index is 0.0225. The van der Waals surface area contributed by atoms with Crippen molar-refractivity contribution < 1.29 is 9.21 Å². The maximum Gasteiger partial charge on any atom is 0.258 e. The summed E-state index contributed by atoms with van der Waals surface area (Å²) in [5.74, 6) is 0.970. The molecule has 124 valence electrons. The largest absolute Gasteiger partial charge is 0.421 e. The number of nitrogens with zero attached hydrogens (tertiary/aromatic N) is 3. The number of rotatable bonds is 2. The number of hydrogen-bond acceptors (Lipinski definition) is 4. The smallest absolute Gasteiger partial charge is 0.258 e. The van der Waals surface area contributed by atoms with Crippen molar-refractivity contribution in [1.82, 2.24) is 10.2 Å². The highest BCUT2D eigenvalue weighted by Gasteiger charge is 2.52. The average molecular weight is 331 g/mol. The van der Waals surface area contributed by atoms with Crippen LogP contribution in [0.3, 0.4) is 0 Å². The number of para-hydroxylation sites is 1. The number of carbonyl (C=O) groups excluding carboxylic acids is 1. The number of fused-ring (bicyclic) bond motifs is 2. The van der Waals surface area contributed by atoms with E-state index < -0.39 is 0 Å². The fraction of sp³-hybridized carbons (Fsp3) is 0.250. The Hall–Kier alpha value is -2.95. The predicted octanol–water partition coefficient (Wildman–Crippen LogP) is 3.74. The third kappa shape index (κ3) is 2.19. The minimum absolute atomic E-state index is 0.0225. The molecule has 0 N–H and O–H groups in total. The molecule has 2 aromatic carbocycles. The lowest BCUT2D eigenvalue weighted by atomic mass is 9.99. The van der Waals surface area contributed by atoms with Gasteiger partial charge in [-0.15, -0.1) is 10.2 Å². The Morgan fingerprint density at radius 2 is 1.96 bits per heavy atom. The van der Waals surface area contributed by atoms with E-state index in [-0.39, 0.29) is 11.3 Å². The third-order valence-electron chi connectivity index (χ3n) is 5.21.